The molecule has 0 aromatic heterocycles. The number of carbonyl (C=O) groups is 4. The van der Waals surface area contributed by atoms with Gasteiger partial charge >= 0.3 is 0 Å². The Kier molecular flexibility index (Phi) is 19.3. The number of aliphatic hydroxyl groups excluding tert-OH is 1. The van der Waals surface area contributed by atoms with Crippen LogP contribution >= 0.6 is 0 Å². The minimum Gasteiger partial charge on any atom is -0.511 e. The number of ether oxygens (including phenoxy) is 2. The number of aryl methyl sites for hydroxylation is 1. The van der Waals surface area contributed by atoms with E-state index in [1.54, 1.807) is 9.80 Å². The average molecular weight is 1210 g/mol. The van der Waals surface area contributed by atoms with Gasteiger partial charge in [0.1, 0.15) is 24.6 Å². The summed E-state index contributed by atoms with van der Waals surface area (Å²) < 4.78 is 14.5. The summed E-state index contributed by atoms with van der Waals surface area (Å²) in [6.07, 6.45) is 7.85. The van der Waals surface area contributed by atoms with Crippen molar-refractivity contribution >= 4 is 46.0 Å². The van der Waals surface area contributed by atoms with Gasteiger partial charge in [-0.05, 0) is 144 Å². The number of aliphatic hydroxyl groups is 1. The molecule has 4 aliphatic heterocycles. The lowest BCUT2D eigenvalue weighted by Gasteiger charge is -2.48. The molecule has 90 heavy (non-hydrogen) atoms. The fourth-order valence-corrected chi connectivity index (χ4v) is 15.5. The van der Waals surface area contributed by atoms with Crippen molar-refractivity contribution < 1.29 is 33.8 Å². The van der Waals surface area contributed by atoms with E-state index in [1.807, 2.05) is 81.6 Å². The fraction of sp³-hybridized carbons (Fsp3) is 0.481. The number of Topliss-reactive ketones (excluding diaryl/α,β-unsaturated/α-hetero) is 2. The highest BCUT2D eigenvalue weighted by atomic mass is 16.5. The summed E-state index contributed by atoms with van der Waals surface area (Å²) in [6.45, 7) is 24.8. The molecule has 2 aliphatic carbocycles. The van der Waals surface area contributed by atoms with Crippen molar-refractivity contribution in [2.45, 2.75) is 156 Å². The Morgan fingerprint density at radius 3 is 2.30 bits per heavy atom. The van der Waals surface area contributed by atoms with E-state index in [9.17, 15) is 24.3 Å². The normalized spacial score (nSPS) is 18.4. The first-order valence-electron chi connectivity index (χ1n) is 33.2. The third-order valence-electron chi connectivity index (χ3n) is 19.7. The number of anilines is 2. The van der Waals surface area contributed by atoms with Gasteiger partial charge in [0.15, 0.2) is 5.78 Å². The van der Waals surface area contributed by atoms with Crippen molar-refractivity contribution in [3.63, 3.8) is 0 Å². The summed E-state index contributed by atoms with van der Waals surface area (Å²) >= 11 is 0. The van der Waals surface area contributed by atoms with Crippen molar-refractivity contribution in [1.29, 1.82) is 0 Å². The van der Waals surface area contributed by atoms with E-state index in [0.717, 1.165) is 79.7 Å². The van der Waals surface area contributed by atoms with Gasteiger partial charge in [0.05, 0.1) is 49.9 Å². The number of aliphatic imine (C=N–C) groups is 1. The Labute approximate surface area is 533 Å². The van der Waals surface area contributed by atoms with Crippen LogP contribution in [0.15, 0.2) is 107 Å². The van der Waals surface area contributed by atoms with E-state index in [0.29, 0.717) is 88.9 Å². The highest BCUT2D eigenvalue weighted by Crippen LogP contribution is 2.50. The number of benzene rings is 5. The maximum absolute atomic E-state index is 14.9. The summed E-state index contributed by atoms with van der Waals surface area (Å²) in [6, 6.07) is 31.3. The van der Waals surface area contributed by atoms with Crippen LogP contribution in [0.4, 0.5) is 11.4 Å². The molecule has 2 amide bonds. The summed E-state index contributed by atoms with van der Waals surface area (Å²) in [5, 5.41) is 17.3. The molecular formula is C77H93N6O7+. The van der Waals surface area contributed by atoms with Crippen LogP contribution in [0.5, 0.6) is 0 Å². The van der Waals surface area contributed by atoms with Gasteiger partial charge in [-0.3, -0.25) is 24.2 Å². The average Bonchev–Trinajstić information content (AvgIpc) is 0.696. The van der Waals surface area contributed by atoms with Gasteiger partial charge in [0.25, 0.3) is 5.91 Å². The zero-order valence-corrected chi connectivity index (χ0v) is 54.8. The summed E-state index contributed by atoms with van der Waals surface area (Å²) in [5.41, 5.74) is 15.9. The molecule has 4 heterocycles. The molecule has 6 aliphatic rings. The summed E-state index contributed by atoms with van der Waals surface area (Å²) in [7, 11) is 1.87. The van der Waals surface area contributed by atoms with Crippen LogP contribution < -0.4 is 30.3 Å². The summed E-state index contributed by atoms with van der Waals surface area (Å²) in [4.78, 5) is 66.6. The first-order valence-corrected chi connectivity index (χ1v) is 33.2. The molecule has 13 nitrogen and oxygen atoms in total. The van der Waals surface area contributed by atoms with Crippen LogP contribution in [0, 0.1) is 17.3 Å². The van der Waals surface area contributed by atoms with Gasteiger partial charge in [0, 0.05) is 136 Å². The number of rotatable bonds is 23. The number of hydrogen-bond acceptors (Lipinski definition) is 10. The quantitative estimate of drug-likeness (QED) is 0.0283. The molecule has 0 radical (unpaired) electrons. The summed E-state index contributed by atoms with van der Waals surface area (Å²) in [5.74, 6) is 6.75. The molecule has 5 aromatic carbocycles. The van der Waals surface area contributed by atoms with Gasteiger partial charge in [-0.2, -0.15) is 0 Å². The molecule has 472 valence electrons. The highest BCUT2D eigenvalue weighted by Gasteiger charge is 2.43. The van der Waals surface area contributed by atoms with Gasteiger partial charge in [-0.15, -0.1) is 0 Å². The minimum absolute atomic E-state index is 0.0266. The van der Waals surface area contributed by atoms with Gasteiger partial charge in [-0.1, -0.05) is 95.0 Å². The second kappa shape index (κ2) is 27.1. The van der Waals surface area contributed by atoms with Crippen molar-refractivity contribution in [1.82, 2.24) is 14.8 Å². The fourth-order valence-electron chi connectivity index (χ4n) is 15.5. The van der Waals surface area contributed by atoms with Crippen LogP contribution in [0.2, 0.25) is 0 Å². The van der Waals surface area contributed by atoms with Crippen molar-refractivity contribution in [3.8, 4) is 11.8 Å². The molecule has 0 fully saturated rings. The van der Waals surface area contributed by atoms with Gasteiger partial charge in [-0.25, -0.2) is 4.58 Å². The zero-order valence-electron chi connectivity index (χ0n) is 54.8. The molecule has 5 aromatic rings. The van der Waals surface area contributed by atoms with Crippen LogP contribution in [0.25, 0.3) is 5.57 Å². The van der Waals surface area contributed by atoms with E-state index in [2.05, 4.69) is 98.5 Å². The molecular weight excluding hydrogens is 1120 g/mol. The Hall–Kier alpha value is -7.50. The smallest absolute Gasteiger partial charge is 0.254 e. The maximum atomic E-state index is 14.9. The first kappa shape index (κ1) is 64.0. The number of nitrogens with one attached hydrogen (secondary N) is 1. The number of carbonyl (C=O) groups excluding carboxylic acids is 4. The first-order chi connectivity index (χ1) is 43.3. The molecule has 1 unspecified atom stereocenters. The number of ketones is 2. The second-order valence-electron chi connectivity index (χ2n) is 27.7. The standard InChI is InChI=1S/C77H92N6O7/c1-10-83-66-46-63-61(45-60(66)51(2)47-76(83,5)6)70(62-44-54-23-17-38-81-39-19-27-59(73(54)81)72(62)77(63,7)8)57-25-14-15-26-58(57)74(88)80(9)37-18-24-56(84)31-34-78-36-41-90-43-42-89-40-33-64(71-67(85)48-75(3,4)49-68(71)86)79-35-32-69(87)82-50-55-22-12-11-20-52(55)29-30-53-21-13-16-28-65(53)82/h11-16,20-22,25-26,28,44-46,51,78H,10,17-19,23-24,27,31-43,47-50H2,1-9H3/p+1. The lowest BCUT2D eigenvalue weighted by atomic mass is 9.64. The second-order valence-corrected chi connectivity index (χ2v) is 27.7. The number of fused-ring (bicyclic) bond motifs is 6. The molecule has 0 saturated carbocycles. The van der Waals surface area contributed by atoms with E-state index in [-0.39, 0.29) is 83.5 Å². The Morgan fingerprint density at radius 2 is 1.51 bits per heavy atom. The van der Waals surface area contributed by atoms with Crippen molar-refractivity contribution in [2.75, 3.05) is 89.1 Å². The van der Waals surface area contributed by atoms with E-state index >= 15 is 0 Å². The van der Waals surface area contributed by atoms with Crippen LogP contribution in [-0.4, -0.2) is 124 Å². The predicted molar refractivity (Wildman–Crippen MR) is 360 cm³/mol. The van der Waals surface area contributed by atoms with E-state index < -0.39 is 0 Å². The maximum Gasteiger partial charge on any atom is 0.254 e. The van der Waals surface area contributed by atoms with Crippen LogP contribution in [0.1, 0.15) is 192 Å². The Balaban J connectivity index is 0.663. The molecule has 0 saturated heterocycles. The number of nitrogens with zero attached hydrogens (tertiary/aromatic N) is 5. The van der Waals surface area contributed by atoms with Crippen LogP contribution in [0.3, 0.4) is 0 Å². The van der Waals surface area contributed by atoms with Gasteiger partial charge in [0.2, 0.25) is 11.3 Å². The molecule has 0 spiro atoms. The van der Waals surface area contributed by atoms with Gasteiger partial charge < -0.3 is 34.6 Å². The monoisotopic (exact) mass is 1210 g/mol. The SMILES string of the molecule is CCN1c2cc3c(cc2C(C)CC1(C)C)C(c1ccccc1C(=O)N(C)CCCC(=O)CCNCCOCCOCCC(=NCCC(=O)N1Cc2ccccc2C#Cc2ccccc21)C1=C(O)CC(C)(C)CC1=O)=c1cc2c4c(c1C3(C)C)CCC[N+]=4CCC2. The van der Waals surface area contributed by atoms with E-state index in [1.165, 1.54) is 55.2 Å². The third kappa shape index (κ3) is 13.3. The predicted octanol–water partition coefficient (Wildman–Crippen LogP) is 10.9. The molecule has 1 atom stereocenters. The number of para-hydroxylation sites is 1. The molecule has 0 bridgehead atoms. The van der Waals surface area contributed by atoms with Crippen molar-refractivity contribution in [3.05, 3.63) is 174 Å². The number of hydrogen-bond donors (Lipinski definition) is 2. The lowest BCUT2D eigenvalue weighted by Crippen LogP contribution is -2.50. The molecule has 13 heteroatoms. The number of allylic oxidation sites excluding steroid dienone is 2. The molecule has 11 rings (SSSR count). The topological polar surface area (TPSA) is 144 Å². The third-order valence-corrected chi connectivity index (χ3v) is 19.7. The number of amides is 2. The Bertz CT molecular complexity index is 3890. The van der Waals surface area contributed by atoms with Crippen molar-refractivity contribution in [2.24, 2.45) is 10.4 Å². The van der Waals surface area contributed by atoms with Crippen LogP contribution in [-0.2, 0) is 48.7 Å². The minimum atomic E-state index is -0.373. The largest absolute Gasteiger partial charge is 0.511 e. The zero-order chi connectivity index (χ0) is 63.5. The lowest BCUT2D eigenvalue weighted by molar-refractivity contribution is -0.119. The Morgan fingerprint density at radius 1 is 0.789 bits per heavy atom. The molecule has 2 N–H and O–H groups in total. The highest BCUT2D eigenvalue weighted by molar-refractivity contribution is 6.23. The van der Waals surface area contributed by atoms with E-state index in [4.69, 9.17) is 14.5 Å².